The van der Waals surface area contributed by atoms with Crippen molar-refractivity contribution >= 4 is 10.0 Å². The van der Waals surface area contributed by atoms with E-state index >= 15 is 0 Å². The second-order valence-electron chi connectivity index (χ2n) is 5.80. The highest BCUT2D eigenvalue weighted by Gasteiger charge is 2.30. The lowest BCUT2D eigenvalue weighted by Crippen LogP contribution is -2.23. The molecule has 0 saturated heterocycles. The number of rotatable bonds is 4. The summed E-state index contributed by atoms with van der Waals surface area (Å²) < 4.78 is 64.7. The molecule has 0 amide bonds. The molecular formula is C17H16F3NO2S. The Kier molecular flexibility index (Phi) is 4.40. The highest BCUT2D eigenvalue weighted by atomic mass is 32.2. The molecule has 0 saturated carbocycles. The number of alkyl halides is 3. The fourth-order valence-corrected chi connectivity index (χ4v) is 3.86. The van der Waals surface area contributed by atoms with Crippen molar-refractivity contribution in [2.45, 2.75) is 36.9 Å². The van der Waals surface area contributed by atoms with E-state index in [-0.39, 0.29) is 11.4 Å². The van der Waals surface area contributed by atoms with Crippen LogP contribution in [-0.2, 0) is 35.6 Å². The van der Waals surface area contributed by atoms with Gasteiger partial charge in [0.15, 0.2) is 0 Å². The normalized spacial score (nSPS) is 14.6. The van der Waals surface area contributed by atoms with Gasteiger partial charge in [-0.25, -0.2) is 13.1 Å². The first-order chi connectivity index (χ1) is 11.3. The second-order valence-corrected chi connectivity index (χ2v) is 7.57. The summed E-state index contributed by atoms with van der Waals surface area (Å²) in [5.74, 6) is 0. The van der Waals surface area contributed by atoms with Crippen LogP contribution in [0.15, 0.2) is 47.4 Å². The van der Waals surface area contributed by atoms with Crippen LogP contribution in [0.4, 0.5) is 13.2 Å². The predicted molar refractivity (Wildman–Crippen MR) is 83.9 cm³/mol. The van der Waals surface area contributed by atoms with E-state index in [9.17, 15) is 21.6 Å². The lowest BCUT2D eigenvalue weighted by molar-refractivity contribution is -0.137. The molecule has 7 heteroatoms. The van der Waals surface area contributed by atoms with Gasteiger partial charge in [-0.3, -0.25) is 0 Å². The van der Waals surface area contributed by atoms with Crippen LogP contribution in [0, 0.1) is 0 Å². The monoisotopic (exact) mass is 355 g/mol. The first-order valence-corrected chi connectivity index (χ1v) is 9.02. The van der Waals surface area contributed by atoms with Crippen molar-refractivity contribution in [1.29, 1.82) is 0 Å². The maximum atomic E-state index is 12.5. The molecule has 0 aromatic heterocycles. The van der Waals surface area contributed by atoms with Crippen molar-refractivity contribution in [2.75, 3.05) is 0 Å². The van der Waals surface area contributed by atoms with Crippen molar-refractivity contribution < 1.29 is 21.6 Å². The average Bonchev–Trinajstić information content (AvgIpc) is 3.00. The third-order valence-corrected chi connectivity index (χ3v) is 5.53. The van der Waals surface area contributed by atoms with Gasteiger partial charge in [-0.15, -0.1) is 0 Å². The summed E-state index contributed by atoms with van der Waals surface area (Å²) >= 11 is 0. The first kappa shape index (κ1) is 17.0. The number of halogens is 3. The molecule has 3 rings (SSSR count). The predicted octanol–water partition coefficient (Wildman–Crippen LogP) is 3.67. The van der Waals surface area contributed by atoms with Crippen LogP contribution in [-0.4, -0.2) is 8.42 Å². The summed E-state index contributed by atoms with van der Waals surface area (Å²) in [6.45, 7) is -0.0580. The molecule has 0 heterocycles. The van der Waals surface area contributed by atoms with Crippen molar-refractivity contribution in [2.24, 2.45) is 0 Å². The summed E-state index contributed by atoms with van der Waals surface area (Å²) in [6, 6.07) is 9.51. The van der Waals surface area contributed by atoms with Crippen LogP contribution >= 0.6 is 0 Å². The third-order valence-electron chi connectivity index (χ3n) is 4.13. The molecule has 0 spiro atoms. The summed E-state index contributed by atoms with van der Waals surface area (Å²) in [4.78, 5) is 0.190. The topological polar surface area (TPSA) is 46.2 Å². The van der Waals surface area contributed by atoms with E-state index in [0.717, 1.165) is 37.0 Å². The van der Waals surface area contributed by atoms with Crippen molar-refractivity contribution in [3.8, 4) is 0 Å². The largest absolute Gasteiger partial charge is 0.416 e. The molecule has 1 aliphatic rings. The number of hydrogen-bond acceptors (Lipinski definition) is 2. The third kappa shape index (κ3) is 3.62. The summed E-state index contributed by atoms with van der Waals surface area (Å²) in [7, 11) is -3.69. The van der Waals surface area contributed by atoms with E-state index in [4.69, 9.17) is 0 Å². The maximum absolute atomic E-state index is 12.5. The fraction of sp³-hybridized carbons (Fsp3) is 0.294. The van der Waals surface area contributed by atoms with Crippen LogP contribution in [0.25, 0.3) is 0 Å². The smallest absolute Gasteiger partial charge is 0.207 e. The maximum Gasteiger partial charge on any atom is 0.416 e. The van der Waals surface area contributed by atoms with Crippen LogP contribution in [0.1, 0.15) is 28.7 Å². The number of nitrogens with one attached hydrogen (secondary N) is 1. The van der Waals surface area contributed by atoms with Gasteiger partial charge in [-0.05, 0) is 60.2 Å². The molecule has 2 aromatic rings. The van der Waals surface area contributed by atoms with E-state index < -0.39 is 21.8 Å². The standard InChI is InChI=1S/C17H16F3NO2S/c18-17(19,20)15-7-4-12(5-8-15)11-21-24(22,23)16-9-6-13-2-1-3-14(13)10-16/h4-10,21H,1-3,11H2. The van der Waals surface area contributed by atoms with Crippen LogP contribution in [0.5, 0.6) is 0 Å². The molecular weight excluding hydrogens is 339 g/mol. The zero-order chi connectivity index (χ0) is 17.4. The van der Waals surface area contributed by atoms with Gasteiger partial charge < -0.3 is 0 Å². The van der Waals surface area contributed by atoms with E-state index in [2.05, 4.69) is 4.72 Å². The number of aryl methyl sites for hydroxylation is 2. The van der Waals surface area contributed by atoms with Crippen LogP contribution in [0.2, 0.25) is 0 Å². The molecule has 0 unspecified atom stereocenters. The minimum absolute atomic E-state index is 0.0580. The molecule has 2 aromatic carbocycles. The molecule has 24 heavy (non-hydrogen) atoms. The molecule has 0 aliphatic heterocycles. The fourth-order valence-electron chi connectivity index (χ4n) is 2.79. The highest BCUT2D eigenvalue weighted by Crippen LogP contribution is 2.29. The molecule has 0 radical (unpaired) electrons. The molecule has 0 fully saturated rings. The zero-order valence-corrected chi connectivity index (χ0v) is 13.5. The molecule has 1 aliphatic carbocycles. The van der Waals surface area contributed by atoms with Crippen molar-refractivity contribution in [3.05, 3.63) is 64.7 Å². The Hall–Kier alpha value is -1.86. The number of benzene rings is 2. The lowest BCUT2D eigenvalue weighted by Gasteiger charge is -2.10. The van der Waals surface area contributed by atoms with Gasteiger partial charge in [-0.1, -0.05) is 18.2 Å². The van der Waals surface area contributed by atoms with Gasteiger partial charge in [0.1, 0.15) is 0 Å². The quantitative estimate of drug-likeness (QED) is 0.910. The van der Waals surface area contributed by atoms with E-state index in [0.29, 0.717) is 5.56 Å². The van der Waals surface area contributed by atoms with Gasteiger partial charge >= 0.3 is 6.18 Å². The SMILES string of the molecule is O=S(=O)(NCc1ccc(C(F)(F)F)cc1)c1ccc2c(c1)CCC2. The van der Waals surface area contributed by atoms with Gasteiger partial charge in [0.25, 0.3) is 0 Å². The van der Waals surface area contributed by atoms with Crippen molar-refractivity contribution in [1.82, 2.24) is 4.72 Å². The minimum atomic E-state index is -4.40. The second kappa shape index (κ2) is 6.22. The Balaban J connectivity index is 1.71. The summed E-state index contributed by atoms with van der Waals surface area (Å²) in [5.41, 5.74) is 1.93. The van der Waals surface area contributed by atoms with E-state index in [1.807, 2.05) is 6.07 Å². The summed E-state index contributed by atoms with van der Waals surface area (Å²) in [6.07, 6.45) is -1.54. The van der Waals surface area contributed by atoms with E-state index in [1.54, 1.807) is 12.1 Å². The van der Waals surface area contributed by atoms with Gasteiger partial charge in [0, 0.05) is 6.54 Å². The van der Waals surface area contributed by atoms with Crippen molar-refractivity contribution in [3.63, 3.8) is 0 Å². The Morgan fingerprint density at radius 1 is 0.958 bits per heavy atom. The minimum Gasteiger partial charge on any atom is -0.207 e. The Bertz CT molecular complexity index is 843. The van der Waals surface area contributed by atoms with Crippen LogP contribution < -0.4 is 4.72 Å². The van der Waals surface area contributed by atoms with Gasteiger partial charge in [-0.2, -0.15) is 13.2 Å². The summed E-state index contributed by atoms with van der Waals surface area (Å²) in [5, 5.41) is 0. The number of sulfonamides is 1. The number of fused-ring (bicyclic) bond motifs is 1. The Morgan fingerprint density at radius 3 is 2.29 bits per heavy atom. The first-order valence-electron chi connectivity index (χ1n) is 7.53. The lowest BCUT2D eigenvalue weighted by atomic mass is 10.1. The zero-order valence-electron chi connectivity index (χ0n) is 12.7. The van der Waals surface area contributed by atoms with E-state index in [1.165, 1.54) is 17.7 Å². The highest BCUT2D eigenvalue weighted by molar-refractivity contribution is 7.89. The van der Waals surface area contributed by atoms with Gasteiger partial charge in [0.2, 0.25) is 10.0 Å². The van der Waals surface area contributed by atoms with Crippen LogP contribution in [0.3, 0.4) is 0 Å². The Morgan fingerprint density at radius 2 is 1.62 bits per heavy atom. The molecule has 128 valence electrons. The number of hydrogen-bond donors (Lipinski definition) is 1. The molecule has 3 nitrogen and oxygen atoms in total. The Labute approximate surface area is 138 Å². The molecule has 0 atom stereocenters. The average molecular weight is 355 g/mol. The molecule has 1 N–H and O–H groups in total. The van der Waals surface area contributed by atoms with Gasteiger partial charge in [0.05, 0.1) is 10.5 Å². The molecule has 0 bridgehead atoms.